The van der Waals surface area contributed by atoms with Gasteiger partial charge < -0.3 is 20.1 Å². The summed E-state index contributed by atoms with van der Waals surface area (Å²) in [5.74, 6) is -0.448. The van der Waals surface area contributed by atoms with Crippen molar-refractivity contribution in [3.8, 4) is 11.6 Å². The number of benzene rings is 1. The lowest BCUT2D eigenvalue weighted by atomic mass is 10.0. The molecule has 1 aliphatic rings. The molecule has 1 aliphatic heterocycles. The van der Waals surface area contributed by atoms with Crippen LogP contribution in [-0.2, 0) is 20.7 Å². The maximum atomic E-state index is 12.9. The van der Waals surface area contributed by atoms with Crippen LogP contribution in [0.2, 0.25) is 0 Å². The van der Waals surface area contributed by atoms with Crippen molar-refractivity contribution in [3.63, 3.8) is 0 Å². The minimum Gasteiger partial charge on any atom is -0.450 e. The first-order valence-electron chi connectivity index (χ1n) is 11.7. The molecule has 12 heteroatoms. The minimum absolute atomic E-state index is 0.107. The average Bonchev–Trinajstić information content (AvgIpc) is 3.40. The highest BCUT2D eigenvalue weighted by Crippen LogP contribution is 2.22. The van der Waals surface area contributed by atoms with E-state index >= 15 is 0 Å². The van der Waals surface area contributed by atoms with Gasteiger partial charge >= 0.3 is 6.09 Å². The Morgan fingerprint density at radius 1 is 1.22 bits per heavy atom. The standard InChI is InChI=1S/C24H29N5O7/c1-2-3-13-35-24(32)27-20(23(31)28-22(30)19-5-4-12-25-19)14-16-6-9-18(10-7-16)36-21-11-8-17(15-26-21)29(33)34/h6-11,15,19-20,25H,2-5,12-14H2,1H3,(H,27,32)(H,28,30,31)/t19-,20-/m0/s1. The number of imide groups is 1. The normalized spacial score (nSPS) is 15.5. The fourth-order valence-electron chi connectivity index (χ4n) is 3.50. The van der Waals surface area contributed by atoms with E-state index in [1.54, 1.807) is 24.3 Å². The number of amides is 3. The number of nitrogens with one attached hydrogen (secondary N) is 3. The monoisotopic (exact) mass is 499 g/mol. The van der Waals surface area contributed by atoms with Gasteiger partial charge in [-0.3, -0.25) is 25.0 Å². The van der Waals surface area contributed by atoms with Crippen LogP contribution in [0.25, 0.3) is 0 Å². The third-order valence-corrected chi connectivity index (χ3v) is 5.48. The van der Waals surface area contributed by atoms with Gasteiger partial charge in [0.05, 0.1) is 17.6 Å². The predicted molar refractivity (Wildman–Crippen MR) is 128 cm³/mol. The number of ether oxygens (including phenoxy) is 2. The van der Waals surface area contributed by atoms with Crippen LogP contribution in [0, 0.1) is 10.1 Å². The second-order valence-electron chi connectivity index (χ2n) is 8.25. The summed E-state index contributed by atoms with van der Waals surface area (Å²) in [6.45, 7) is 2.90. The van der Waals surface area contributed by atoms with Crippen molar-refractivity contribution >= 4 is 23.6 Å². The molecule has 192 valence electrons. The summed E-state index contributed by atoms with van der Waals surface area (Å²) in [4.78, 5) is 51.5. The quantitative estimate of drug-likeness (QED) is 0.240. The van der Waals surface area contributed by atoms with Gasteiger partial charge in [-0.1, -0.05) is 25.5 Å². The molecular weight excluding hydrogens is 470 g/mol. The molecule has 12 nitrogen and oxygen atoms in total. The van der Waals surface area contributed by atoms with Crippen LogP contribution in [0.1, 0.15) is 38.2 Å². The Kier molecular flexibility index (Phi) is 9.69. The molecule has 0 aliphatic carbocycles. The topological polar surface area (TPSA) is 162 Å². The van der Waals surface area contributed by atoms with Crippen LogP contribution in [0.5, 0.6) is 11.6 Å². The summed E-state index contributed by atoms with van der Waals surface area (Å²) in [5, 5.41) is 18.7. The van der Waals surface area contributed by atoms with Crippen LogP contribution in [0.4, 0.5) is 10.5 Å². The van der Waals surface area contributed by atoms with Crippen LogP contribution in [-0.4, -0.2) is 53.1 Å². The molecule has 3 N–H and O–H groups in total. The van der Waals surface area contributed by atoms with E-state index in [4.69, 9.17) is 9.47 Å². The van der Waals surface area contributed by atoms with E-state index < -0.39 is 34.9 Å². The summed E-state index contributed by atoms with van der Waals surface area (Å²) >= 11 is 0. The number of carbonyl (C=O) groups excluding carboxylic acids is 3. The molecule has 36 heavy (non-hydrogen) atoms. The molecule has 1 saturated heterocycles. The number of pyridine rings is 1. The summed E-state index contributed by atoms with van der Waals surface area (Å²) in [7, 11) is 0. The maximum Gasteiger partial charge on any atom is 0.407 e. The van der Waals surface area contributed by atoms with Gasteiger partial charge in [0.15, 0.2) is 0 Å². The van der Waals surface area contributed by atoms with E-state index in [1.807, 2.05) is 6.92 Å². The maximum absolute atomic E-state index is 12.9. The Balaban J connectivity index is 1.64. The molecule has 2 heterocycles. The molecule has 3 rings (SSSR count). The molecule has 1 aromatic carbocycles. The summed E-state index contributed by atoms with van der Waals surface area (Å²) in [6, 6.07) is 7.88. The van der Waals surface area contributed by atoms with E-state index in [0.717, 1.165) is 19.0 Å². The second kappa shape index (κ2) is 13.1. The lowest BCUT2D eigenvalue weighted by Gasteiger charge is -2.19. The summed E-state index contributed by atoms with van der Waals surface area (Å²) in [5.41, 5.74) is 0.546. The third kappa shape index (κ3) is 8.01. The molecule has 0 bridgehead atoms. The fraction of sp³-hybridized carbons (Fsp3) is 0.417. The molecule has 0 radical (unpaired) electrons. The highest BCUT2D eigenvalue weighted by Gasteiger charge is 2.28. The first kappa shape index (κ1) is 26.5. The zero-order chi connectivity index (χ0) is 25.9. The Morgan fingerprint density at radius 2 is 2.00 bits per heavy atom. The summed E-state index contributed by atoms with van der Waals surface area (Å²) in [6.07, 6.45) is 3.50. The van der Waals surface area contributed by atoms with Gasteiger partial charge in [0.25, 0.3) is 5.69 Å². The molecular formula is C24H29N5O7. The van der Waals surface area contributed by atoms with Crippen molar-refractivity contribution in [2.75, 3.05) is 13.2 Å². The molecule has 1 aromatic heterocycles. The van der Waals surface area contributed by atoms with Crippen molar-refractivity contribution in [2.45, 2.75) is 51.1 Å². The molecule has 2 aromatic rings. The van der Waals surface area contributed by atoms with Crippen molar-refractivity contribution in [1.82, 2.24) is 20.9 Å². The number of alkyl carbamates (subject to hydrolysis) is 1. The first-order chi connectivity index (χ1) is 17.4. The average molecular weight is 500 g/mol. The first-order valence-corrected chi connectivity index (χ1v) is 11.7. The number of hydrogen-bond donors (Lipinski definition) is 3. The van der Waals surface area contributed by atoms with Gasteiger partial charge in [-0.15, -0.1) is 0 Å². The number of carbonyl (C=O) groups is 3. The van der Waals surface area contributed by atoms with E-state index in [1.165, 1.54) is 12.1 Å². The lowest BCUT2D eigenvalue weighted by molar-refractivity contribution is -0.385. The molecule has 2 atom stereocenters. The number of nitrogens with zero attached hydrogens (tertiary/aromatic N) is 2. The SMILES string of the molecule is CCCCOC(=O)N[C@@H](Cc1ccc(Oc2ccc([N+](=O)[O-])cn2)cc1)C(=O)NC(=O)[C@@H]1CCCN1. The second-order valence-corrected chi connectivity index (χ2v) is 8.25. The van der Waals surface area contributed by atoms with Crippen LogP contribution >= 0.6 is 0 Å². The van der Waals surface area contributed by atoms with Crippen LogP contribution in [0.3, 0.4) is 0 Å². The van der Waals surface area contributed by atoms with Gasteiger partial charge in [0, 0.05) is 18.6 Å². The van der Waals surface area contributed by atoms with Crippen LogP contribution in [0.15, 0.2) is 42.6 Å². The van der Waals surface area contributed by atoms with Crippen molar-refractivity contribution < 1.29 is 28.8 Å². The molecule has 0 unspecified atom stereocenters. The zero-order valence-corrected chi connectivity index (χ0v) is 19.9. The minimum atomic E-state index is -1.03. The number of nitro groups is 1. The third-order valence-electron chi connectivity index (χ3n) is 5.48. The van der Waals surface area contributed by atoms with E-state index in [9.17, 15) is 24.5 Å². The molecule has 0 saturated carbocycles. The van der Waals surface area contributed by atoms with Crippen molar-refractivity contribution in [1.29, 1.82) is 0 Å². The van der Waals surface area contributed by atoms with Gasteiger partial charge in [-0.05, 0) is 43.5 Å². The highest BCUT2D eigenvalue weighted by atomic mass is 16.6. The molecule has 3 amide bonds. The molecule has 0 spiro atoms. The predicted octanol–water partition coefficient (Wildman–Crippen LogP) is 2.61. The largest absolute Gasteiger partial charge is 0.450 e. The molecule has 1 fully saturated rings. The number of aromatic nitrogens is 1. The number of hydrogen-bond acceptors (Lipinski definition) is 9. The Hall–Kier alpha value is -4.06. The Labute approximate surface area is 207 Å². The van der Waals surface area contributed by atoms with Gasteiger partial charge in [-0.2, -0.15) is 0 Å². The van der Waals surface area contributed by atoms with Crippen molar-refractivity contribution in [2.24, 2.45) is 0 Å². The fourth-order valence-corrected chi connectivity index (χ4v) is 3.50. The van der Waals surface area contributed by atoms with Gasteiger partial charge in [0.2, 0.25) is 17.7 Å². The van der Waals surface area contributed by atoms with E-state index in [0.29, 0.717) is 30.7 Å². The Morgan fingerprint density at radius 3 is 2.61 bits per heavy atom. The lowest BCUT2D eigenvalue weighted by Crippen LogP contribution is -2.52. The van der Waals surface area contributed by atoms with Crippen LogP contribution < -0.4 is 20.7 Å². The number of rotatable bonds is 11. The van der Waals surface area contributed by atoms with E-state index in [2.05, 4.69) is 20.9 Å². The zero-order valence-electron chi connectivity index (χ0n) is 19.9. The highest BCUT2D eigenvalue weighted by molar-refractivity contribution is 6.01. The van der Waals surface area contributed by atoms with E-state index in [-0.39, 0.29) is 24.6 Å². The van der Waals surface area contributed by atoms with Gasteiger partial charge in [-0.25, -0.2) is 9.78 Å². The smallest absolute Gasteiger partial charge is 0.407 e. The van der Waals surface area contributed by atoms with Gasteiger partial charge in [0.1, 0.15) is 18.0 Å². The summed E-state index contributed by atoms with van der Waals surface area (Å²) < 4.78 is 10.7. The number of unbranched alkanes of at least 4 members (excludes halogenated alkanes) is 1. The Bertz CT molecular complexity index is 1050. The van der Waals surface area contributed by atoms with Crippen molar-refractivity contribution in [3.05, 3.63) is 58.3 Å².